The molecule has 0 unspecified atom stereocenters. The van der Waals surface area contributed by atoms with Crippen LogP contribution >= 0.6 is 23.2 Å². The van der Waals surface area contributed by atoms with Gasteiger partial charge < -0.3 is 10.1 Å². The number of anilines is 1. The van der Waals surface area contributed by atoms with Gasteiger partial charge in [-0.2, -0.15) is 0 Å². The van der Waals surface area contributed by atoms with Crippen LogP contribution in [0.25, 0.3) is 10.8 Å². The molecule has 0 heterocycles. The van der Waals surface area contributed by atoms with E-state index < -0.39 is 6.10 Å². The second-order valence-electron chi connectivity index (χ2n) is 5.38. The fourth-order valence-corrected chi connectivity index (χ4v) is 2.94. The fraction of sp³-hybridized carbons (Fsp3) is 0.105. The third kappa shape index (κ3) is 3.81. The summed E-state index contributed by atoms with van der Waals surface area (Å²) in [5.74, 6) is 0.390. The Bertz CT molecular complexity index is 870. The Labute approximate surface area is 150 Å². The van der Waals surface area contributed by atoms with E-state index >= 15 is 0 Å². The molecule has 0 aliphatic carbocycles. The number of amides is 1. The van der Waals surface area contributed by atoms with Crippen molar-refractivity contribution < 1.29 is 9.53 Å². The van der Waals surface area contributed by atoms with Crippen LogP contribution in [0.2, 0.25) is 10.0 Å². The number of hydrogen-bond acceptors (Lipinski definition) is 2. The van der Waals surface area contributed by atoms with E-state index in [1.54, 1.807) is 25.1 Å². The van der Waals surface area contributed by atoms with Crippen molar-refractivity contribution in [2.24, 2.45) is 0 Å². The smallest absolute Gasteiger partial charge is 0.265 e. The second kappa shape index (κ2) is 7.12. The van der Waals surface area contributed by atoms with Gasteiger partial charge in [-0.15, -0.1) is 0 Å². The quantitative estimate of drug-likeness (QED) is 0.662. The molecule has 5 heteroatoms. The van der Waals surface area contributed by atoms with Gasteiger partial charge in [-0.05, 0) is 36.6 Å². The minimum atomic E-state index is -0.673. The Morgan fingerprint density at radius 1 is 1.00 bits per heavy atom. The van der Waals surface area contributed by atoms with E-state index in [0.717, 1.165) is 10.8 Å². The number of ether oxygens (including phenoxy) is 1. The van der Waals surface area contributed by atoms with Gasteiger partial charge in [-0.3, -0.25) is 4.79 Å². The van der Waals surface area contributed by atoms with Crippen LogP contribution in [0.5, 0.6) is 5.75 Å². The van der Waals surface area contributed by atoms with Crippen LogP contribution in [0.3, 0.4) is 0 Å². The average molecular weight is 360 g/mol. The van der Waals surface area contributed by atoms with Crippen molar-refractivity contribution in [1.29, 1.82) is 0 Å². The number of nitrogens with one attached hydrogen (secondary N) is 1. The molecule has 3 nitrogen and oxygen atoms in total. The van der Waals surface area contributed by atoms with Crippen LogP contribution in [0.4, 0.5) is 5.69 Å². The number of fused-ring (bicyclic) bond motifs is 1. The molecule has 1 atom stereocenters. The highest BCUT2D eigenvalue weighted by molar-refractivity contribution is 6.35. The van der Waals surface area contributed by atoms with E-state index in [9.17, 15) is 4.79 Å². The number of benzene rings is 3. The molecular weight excluding hydrogens is 345 g/mol. The standard InChI is InChI=1S/C19H15Cl2NO2/c1-12(19(23)22-16-10-14(20)9-15(21)11-16)24-18-8-4-6-13-5-2-3-7-17(13)18/h2-12H,1H3,(H,22,23)/t12-/m0/s1. The number of carbonyl (C=O) groups is 1. The van der Waals surface area contributed by atoms with Gasteiger partial charge in [0.15, 0.2) is 6.10 Å². The highest BCUT2D eigenvalue weighted by Crippen LogP contribution is 2.27. The van der Waals surface area contributed by atoms with Crippen LogP contribution in [-0.4, -0.2) is 12.0 Å². The van der Waals surface area contributed by atoms with E-state index in [0.29, 0.717) is 21.5 Å². The van der Waals surface area contributed by atoms with Crippen molar-refractivity contribution in [2.75, 3.05) is 5.32 Å². The van der Waals surface area contributed by atoms with Gasteiger partial charge in [0.25, 0.3) is 5.91 Å². The number of carbonyl (C=O) groups excluding carboxylic acids is 1. The summed E-state index contributed by atoms with van der Waals surface area (Å²) in [7, 11) is 0. The van der Waals surface area contributed by atoms with E-state index in [4.69, 9.17) is 27.9 Å². The number of hydrogen-bond donors (Lipinski definition) is 1. The first-order chi connectivity index (χ1) is 11.5. The summed E-state index contributed by atoms with van der Waals surface area (Å²) >= 11 is 11.9. The summed E-state index contributed by atoms with van der Waals surface area (Å²) in [6.45, 7) is 1.70. The van der Waals surface area contributed by atoms with Crippen LogP contribution in [0.1, 0.15) is 6.92 Å². The van der Waals surface area contributed by atoms with Crippen molar-refractivity contribution in [3.8, 4) is 5.75 Å². The lowest BCUT2D eigenvalue weighted by Gasteiger charge is -2.16. The summed E-state index contributed by atoms with van der Waals surface area (Å²) in [5.41, 5.74) is 0.533. The fourth-order valence-electron chi connectivity index (χ4n) is 2.41. The molecule has 3 aromatic rings. The molecule has 0 saturated heterocycles. The Morgan fingerprint density at radius 3 is 2.42 bits per heavy atom. The molecule has 0 bridgehead atoms. The van der Waals surface area contributed by atoms with Crippen molar-refractivity contribution in [3.05, 3.63) is 70.7 Å². The zero-order valence-corrected chi connectivity index (χ0v) is 14.4. The average Bonchev–Trinajstić information content (AvgIpc) is 2.54. The van der Waals surface area contributed by atoms with Crippen LogP contribution in [0, 0.1) is 0 Å². The number of halogens is 2. The third-order valence-corrected chi connectivity index (χ3v) is 3.99. The molecule has 0 saturated carbocycles. The van der Waals surface area contributed by atoms with Gasteiger partial charge in [0, 0.05) is 21.1 Å². The first kappa shape index (κ1) is 16.6. The van der Waals surface area contributed by atoms with E-state index in [1.165, 1.54) is 0 Å². The summed E-state index contributed by atoms with van der Waals surface area (Å²) in [6, 6.07) is 18.5. The molecule has 122 valence electrons. The van der Waals surface area contributed by atoms with Crippen molar-refractivity contribution in [3.63, 3.8) is 0 Å². The monoisotopic (exact) mass is 359 g/mol. The molecule has 1 N–H and O–H groups in total. The Hall–Kier alpha value is -2.23. The maximum Gasteiger partial charge on any atom is 0.265 e. The molecule has 0 aliphatic rings. The van der Waals surface area contributed by atoms with Crippen LogP contribution in [0.15, 0.2) is 60.7 Å². The predicted molar refractivity (Wildman–Crippen MR) is 99.1 cm³/mol. The van der Waals surface area contributed by atoms with E-state index in [2.05, 4.69) is 5.32 Å². The molecule has 0 radical (unpaired) electrons. The van der Waals surface area contributed by atoms with Crippen molar-refractivity contribution >= 4 is 45.6 Å². The zero-order chi connectivity index (χ0) is 17.1. The Morgan fingerprint density at radius 2 is 1.67 bits per heavy atom. The van der Waals surface area contributed by atoms with Gasteiger partial charge in [0.05, 0.1) is 0 Å². The molecule has 0 spiro atoms. The Kier molecular flexibility index (Phi) is 4.93. The first-order valence-electron chi connectivity index (χ1n) is 7.44. The highest BCUT2D eigenvalue weighted by Gasteiger charge is 2.16. The van der Waals surface area contributed by atoms with Crippen molar-refractivity contribution in [1.82, 2.24) is 0 Å². The van der Waals surface area contributed by atoms with Gasteiger partial charge >= 0.3 is 0 Å². The topological polar surface area (TPSA) is 38.3 Å². The summed E-state index contributed by atoms with van der Waals surface area (Å²) < 4.78 is 5.84. The van der Waals surface area contributed by atoms with Crippen LogP contribution in [-0.2, 0) is 4.79 Å². The van der Waals surface area contributed by atoms with Crippen LogP contribution < -0.4 is 10.1 Å². The summed E-state index contributed by atoms with van der Waals surface area (Å²) in [6.07, 6.45) is -0.673. The molecular formula is C19H15Cl2NO2. The number of rotatable bonds is 4. The van der Waals surface area contributed by atoms with Gasteiger partial charge in [0.2, 0.25) is 0 Å². The molecule has 3 aromatic carbocycles. The second-order valence-corrected chi connectivity index (χ2v) is 6.26. The maximum absolute atomic E-state index is 12.4. The molecule has 0 aromatic heterocycles. The Balaban J connectivity index is 1.76. The molecule has 24 heavy (non-hydrogen) atoms. The van der Waals surface area contributed by atoms with Gasteiger partial charge in [-0.25, -0.2) is 0 Å². The van der Waals surface area contributed by atoms with E-state index in [1.807, 2.05) is 42.5 Å². The summed E-state index contributed by atoms with van der Waals surface area (Å²) in [5, 5.41) is 5.70. The minimum absolute atomic E-state index is 0.277. The molecule has 3 rings (SSSR count). The SMILES string of the molecule is C[C@H](Oc1cccc2ccccc12)C(=O)Nc1cc(Cl)cc(Cl)c1. The minimum Gasteiger partial charge on any atom is -0.480 e. The normalized spacial score (nSPS) is 12.0. The predicted octanol–water partition coefficient (Wildman–Crippen LogP) is 5.55. The summed E-state index contributed by atoms with van der Waals surface area (Å²) in [4.78, 5) is 12.4. The highest BCUT2D eigenvalue weighted by atomic mass is 35.5. The zero-order valence-electron chi connectivity index (χ0n) is 12.9. The lowest BCUT2D eigenvalue weighted by Crippen LogP contribution is -2.30. The van der Waals surface area contributed by atoms with E-state index in [-0.39, 0.29) is 5.91 Å². The lowest BCUT2D eigenvalue weighted by molar-refractivity contribution is -0.122. The first-order valence-corrected chi connectivity index (χ1v) is 8.20. The van der Waals surface area contributed by atoms with Gasteiger partial charge in [-0.1, -0.05) is 59.6 Å². The van der Waals surface area contributed by atoms with Gasteiger partial charge in [0.1, 0.15) is 5.75 Å². The molecule has 0 fully saturated rings. The molecule has 1 amide bonds. The maximum atomic E-state index is 12.4. The third-order valence-electron chi connectivity index (χ3n) is 3.55. The van der Waals surface area contributed by atoms with Crippen molar-refractivity contribution in [2.45, 2.75) is 13.0 Å². The molecule has 0 aliphatic heterocycles. The lowest BCUT2D eigenvalue weighted by atomic mass is 10.1. The largest absolute Gasteiger partial charge is 0.480 e.